The fraction of sp³-hybridized carbons (Fsp3) is 0.263. The molecule has 1 aliphatic carbocycles. The van der Waals surface area contributed by atoms with E-state index in [9.17, 15) is 0 Å². The number of benzene rings is 1. The van der Waals surface area contributed by atoms with Gasteiger partial charge in [-0.3, -0.25) is 0 Å². The second kappa shape index (κ2) is 7.58. The predicted molar refractivity (Wildman–Crippen MR) is 87.2 cm³/mol. The Morgan fingerprint density at radius 3 is 2.42 bits per heavy atom. The topological polar surface area (TPSA) is 0 Å². The maximum atomic E-state index is 3.96. The van der Waals surface area contributed by atoms with Crippen molar-refractivity contribution in [1.82, 2.24) is 0 Å². The molecule has 0 fully saturated rings. The van der Waals surface area contributed by atoms with Gasteiger partial charge in [-0.1, -0.05) is 61.6 Å². The summed E-state index contributed by atoms with van der Waals surface area (Å²) in [5.74, 6) is 0. The molecule has 0 atom stereocenters. The van der Waals surface area contributed by atoms with Crippen molar-refractivity contribution < 1.29 is 0 Å². The van der Waals surface area contributed by atoms with E-state index in [1.807, 2.05) is 13.0 Å². The Bertz CT molecular complexity index is 597. The smallest absolute Gasteiger partial charge is 0.0112 e. The molecule has 0 radical (unpaired) electrons. The lowest BCUT2D eigenvalue weighted by Gasteiger charge is -2.07. The monoisotopic (exact) mass is 252 g/mol. The van der Waals surface area contributed by atoms with Gasteiger partial charge in [0.2, 0.25) is 0 Å². The van der Waals surface area contributed by atoms with Gasteiger partial charge in [0.15, 0.2) is 0 Å². The quantitative estimate of drug-likeness (QED) is 0.694. The molecule has 100 valence electrons. The van der Waals surface area contributed by atoms with Crippen LogP contribution in [0.5, 0.6) is 0 Å². The molecule has 0 N–H and O–H groups in total. The molecule has 0 amide bonds. The van der Waals surface area contributed by atoms with E-state index in [0.29, 0.717) is 0 Å². The van der Waals surface area contributed by atoms with Crippen molar-refractivity contribution in [1.29, 1.82) is 0 Å². The second-order valence-corrected chi connectivity index (χ2v) is 4.60. The van der Waals surface area contributed by atoms with Gasteiger partial charge in [-0.05, 0) is 48.3 Å². The highest BCUT2D eigenvalue weighted by Gasteiger charge is 2.07. The third-order valence-corrected chi connectivity index (χ3v) is 3.38. The van der Waals surface area contributed by atoms with Crippen LogP contribution in [0, 0.1) is 0 Å². The number of hydrogen-bond donors (Lipinski definition) is 0. The van der Waals surface area contributed by atoms with E-state index in [1.165, 1.54) is 27.2 Å². The van der Waals surface area contributed by atoms with Crippen LogP contribution in [0.3, 0.4) is 0 Å². The van der Waals surface area contributed by atoms with Crippen LogP contribution in [0.25, 0.3) is 11.6 Å². The predicted octanol–water partition coefficient (Wildman–Crippen LogP) is 4.13. The van der Waals surface area contributed by atoms with E-state index in [0.717, 1.165) is 12.8 Å². The Hall–Kier alpha value is -1.82. The average molecular weight is 252 g/mol. The molecule has 0 saturated heterocycles. The van der Waals surface area contributed by atoms with Crippen molar-refractivity contribution in [2.75, 3.05) is 0 Å². The van der Waals surface area contributed by atoms with Crippen LogP contribution in [0.15, 0.2) is 60.7 Å². The molecule has 0 aromatic heterocycles. The number of rotatable bonds is 2. The van der Waals surface area contributed by atoms with E-state index in [1.54, 1.807) is 6.08 Å². The Morgan fingerprint density at radius 1 is 1.21 bits per heavy atom. The number of hydrogen-bond acceptors (Lipinski definition) is 0. The maximum absolute atomic E-state index is 3.96. The highest BCUT2D eigenvalue weighted by Crippen LogP contribution is 2.22. The molecule has 1 aromatic carbocycles. The molecule has 0 heteroatoms. The van der Waals surface area contributed by atoms with Crippen LogP contribution in [0.2, 0.25) is 0 Å². The SMILES string of the molecule is C=CC.C=CC1=c2ccccc2=CCC(CC)=C1C. The van der Waals surface area contributed by atoms with Gasteiger partial charge < -0.3 is 0 Å². The summed E-state index contributed by atoms with van der Waals surface area (Å²) in [6, 6.07) is 8.57. The van der Waals surface area contributed by atoms with Gasteiger partial charge >= 0.3 is 0 Å². The average Bonchev–Trinajstić information content (AvgIpc) is 2.55. The molecule has 1 aliphatic rings. The van der Waals surface area contributed by atoms with E-state index >= 15 is 0 Å². The second-order valence-electron chi connectivity index (χ2n) is 4.60. The van der Waals surface area contributed by atoms with Gasteiger partial charge in [0.25, 0.3) is 0 Å². The van der Waals surface area contributed by atoms with Crippen LogP contribution < -0.4 is 10.4 Å². The normalized spacial score (nSPS) is 13.5. The Balaban J connectivity index is 0.000000550. The zero-order valence-corrected chi connectivity index (χ0v) is 12.4. The van der Waals surface area contributed by atoms with E-state index in [4.69, 9.17) is 0 Å². The Labute approximate surface area is 117 Å². The minimum atomic E-state index is 1.07. The first kappa shape index (κ1) is 15.2. The Kier molecular flexibility index (Phi) is 6.08. The van der Waals surface area contributed by atoms with Crippen molar-refractivity contribution in [3.8, 4) is 0 Å². The standard InChI is InChI=1S/C16H18.C3H6/c1-4-13-10-11-14-8-6-7-9-16(14)15(5-2)12(13)3;1-3-2/h5-9,11H,2,4,10H2,1,3H3;3H,1H2,2H3. The molecule has 0 heterocycles. The highest BCUT2D eigenvalue weighted by molar-refractivity contribution is 5.74. The van der Waals surface area contributed by atoms with Crippen molar-refractivity contribution in [2.45, 2.75) is 33.6 Å². The summed E-state index contributed by atoms with van der Waals surface area (Å²) in [4.78, 5) is 0. The lowest BCUT2D eigenvalue weighted by atomic mass is 9.98. The molecule has 0 aliphatic heterocycles. The first-order chi connectivity index (χ1) is 9.19. The van der Waals surface area contributed by atoms with E-state index < -0.39 is 0 Å². The van der Waals surface area contributed by atoms with Gasteiger partial charge in [-0.25, -0.2) is 0 Å². The van der Waals surface area contributed by atoms with Gasteiger partial charge in [0.05, 0.1) is 0 Å². The molecule has 19 heavy (non-hydrogen) atoms. The van der Waals surface area contributed by atoms with Crippen LogP contribution in [0.1, 0.15) is 33.6 Å². The molecular weight excluding hydrogens is 228 g/mol. The number of fused-ring (bicyclic) bond motifs is 1. The van der Waals surface area contributed by atoms with Crippen molar-refractivity contribution in [3.63, 3.8) is 0 Å². The summed E-state index contributed by atoms with van der Waals surface area (Å²) in [6.45, 7) is 13.6. The summed E-state index contributed by atoms with van der Waals surface area (Å²) in [5.41, 5.74) is 4.21. The van der Waals surface area contributed by atoms with Crippen molar-refractivity contribution in [2.24, 2.45) is 0 Å². The lowest BCUT2D eigenvalue weighted by Crippen LogP contribution is -2.25. The largest absolute Gasteiger partial charge is 0.103 e. The molecule has 0 saturated carbocycles. The van der Waals surface area contributed by atoms with Gasteiger partial charge in [0.1, 0.15) is 0 Å². The van der Waals surface area contributed by atoms with Crippen molar-refractivity contribution >= 4 is 11.6 Å². The summed E-state index contributed by atoms with van der Waals surface area (Å²) >= 11 is 0. The maximum Gasteiger partial charge on any atom is -0.0112 e. The molecule has 0 nitrogen and oxygen atoms in total. The molecule has 0 unspecified atom stereocenters. The summed E-state index contributed by atoms with van der Waals surface area (Å²) < 4.78 is 0. The lowest BCUT2D eigenvalue weighted by molar-refractivity contribution is 1.03. The zero-order chi connectivity index (χ0) is 14.3. The fourth-order valence-electron chi connectivity index (χ4n) is 2.37. The van der Waals surface area contributed by atoms with Crippen LogP contribution >= 0.6 is 0 Å². The van der Waals surface area contributed by atoms with Crippen LogP contribution in [0.4, 0.5) is 0 Å². The summed E-state index contributed by atoms with van der Waals surface area (Å²) in [7, 11) is 0. The van der Waals surface area contributed by atoms with Crippen LogP contribution in [-0.2, 0) is 0 Å². The molecule has 1 aromatic rings. The van der Waals surface area contributed by atoms with Gasteiger partial charge in [-0.15, -0.1) is 6.58 Å². The summed E-state index contributed by atoms with van der Waals surface area (Å²) in [5, 5.41) is 2.65. The van der Waals surface area contributed by atoms with Gasteiger partial charge in [0, 0.05) is 0 Å². The van der Waals surface area contributed by atoms with Crippen molar-refractivity contribution in [3.05, 3.63) is 71.2 Å². The van der Waals surface area contributed by atoms with E-state index in [-0.39, 0.29) is 0 Å². The summed E-state index contributed by atoms with van der Waals surface area (Å²) in [6.07, 6.45) is 8.25. The zero-order valence-electron chi connectivity index (χ0n) is 12.4. The van der Waals surface area contributed by atoms with Crippen LogP contribution in [-0.4, -0.2) is 0 Å². The Morgan fingerprint density at radius 2 is 1.84 bits per heavy atom. The molecule has 0 bridgehead atoms. The third kappa shape index (κ3) is 3.57. The molecular formula is C19H24. The molecule has 0 spiro atoms. The fourth-order valence-corrected chi connectivity index (χ4v) is 2.37. The number of allylic oxidation sites excluding steroid dienone is 4. The first-order valence-corrected chi connectivity index (χ1v) is 6.87. The molecule has 2 rings (SSSR count). The minimum Gasteiger partial charge on any atom is -0.103 e. The third-order valence-electron chi connectivity index (χ3n) is 3.38. The van der Waals surface area contributed by atoms with E-state index in [2.05, 4.69) is 57.3 Å². The first-order valence-electron chi connectivity index (χ1n) is 6.87. The minimum absolute atomic E-state index is 1.07. The van der Waals surface area contributed by atoms with Gasteiger partial charge in [-0.2, -0.15) is 0 Å². The highest BCUT2D eigenvalue weighted by atomic mass is 14.1.